The normalized spacial score (nSPS) is 10.3. The van der Waals surface area contributed by atoms with E-state index < -0.39 is 11.8 Å². The molecule has 120 valence electrons. The van der Waals surface area contributed by atoms with Gasteiger partial charge in [0.25, 0.3) is 0 Å². The van der Waals surface area contributed by atoms with Crippen molar-refractivity contribution in [2.45, 2.75) is 27.7 Å². The Morgan fingerprint density at radius 3 is 2.35 bits per heavy atom. The molecule has 0 fully saturated rings. The van der Waals surface area contributed by atoms with Gasteiger partial charge in [0.05, 0.1) is 0 Å². The van der Waals surface area contributed by atoms with Crippen molar-refractivity contribution < 1.29 is 9.59 Å². The first-order chi connectivity index (χ1) is 10.9. The summed E-state index contributed by atoms with van der Waals surface area (Å²) in [6.07, 6.45) is 0. The van der Waals surface area contributed by atoms with E-state index in [0.717, 1.165) is 22.4 Å². The number of hydrogen-bond donors (Lipinski definition) is 1. The highest BCUT2D eigenvalue weighted by atomic mass is 16.2. The van der Waals surface area contributed by atoms with E-state index in [1.165, 1.54) is 4.90 Å². The molecule has 0 aliphatic heterocycles. The molecule has 0 aliphatic rings. The lowest BCUT2D eigenvalue weighted by molar-refractivity contribution is -0.134. The van der Waals surface area contributed by atoms with Crippen LogP contribution in [0.3, 0.4) is 0 Å². The second kappa shape index (κ2) is 7.09. The minimum Gasteiger partial charge on any atom is -0.318 e. The minimum atomic E-state index is -0.623. The average molecular weight is 310 g/mol. The smallest absolute Gasteiger partial charge is 0.316 e. The van der Waals surface area contributed by atoms with Gasteiger partial charge < -0.3 is 10.2 Å². The van der Waals surface area contributed by atoms with Crippen LogP contribution in [0.5, 0.6) is 0 Å². The second-order valence-electron chi connectivity index (χ2n) is 5.66. The molecule has 0 aromatic heterocycles. The molecule has 0 radical (unpaired) electrons. The van der Waals surface area contributed by atoms with Gasteiger partial charge in [-0.1, -0.05) is 24.3 Å². The number of benzene rings is 2. The molecular weight excluding hydrogens is 288 g/mol. The molecule has 4 nitrogen and oxygen atoms in total. The van der Waals surface area contributed by atoms with Crippen LogP contribution in [0.15, 0.2) is 42.5 Å². The highest BCUT2D eigenvalue weighted by molar-refractivity contribution is 6.44. The van der Waals surface area contributed by atoms with Gasteiger partial charge >= 0.3 is 11.8 Å². The largest absolute Gasteiger partial charge is 0.318 e. The first-order valence-electron chi connectivity index (χ1n) is 7.69. The first kappa shape index (κ1) is 16.7. The second-order valence-corrected chi connectivity index (χ2v) is 5.66. The van der Waals surface area contributed by atoms with Gasteiger partial charge in [-0.15, -0.1) is 0 Å². The molecule has 0 atom stereocenters. The van der Waals surface area contributed by atoms with Crippen molar-refractivity contribution >= 4 is 23.2 Å². The van der Waals surface area contributed by atoms with Crippen LogP contribution in [0.25, 0.3) is 0 Å². The van der Waals surface area contributed by atoms with Crippen molar-refractivity contribution in [2.75, 3.05) is 16.8 Å². The number of nitrogens with one attached hydrogen (secondary N) is 1. The van der Waals surface area contributed by atoms with Crippen LogP contribution in [0.1, 0.15) is 23.6 Å². The SMILES string of the molecule is CCN(C(=O)C(=O)Nc1cc(C)ccc1C)c1cccc(C)c1. The van der Waals surface area contributed by atoms with E-state index in [1.807, 2.05) is 70.2 Å². The Morgan fingerprint density at radius 1 is 1.00 bits per heavy atom. The van der Waals surface area contributed by atoms with Crippen LogP contribution in [0.4, 0.5) is 11.4 Å². The van der Waals surface area contributed by atoms with Crippen LogP contribution in [0.2, 0.25) is 0 Å². The summed E-state index contributed by atoms with van der Waals surface area (Å²) in [5, 5.41) is 2.72. The lowest BCUT2D eigenvalue weighted by atomic mass is 10.1. The topological polar surface area (TPSA) is 49.4 Å². The third-order valence-corrected chi connectivity index (χ3v) is 3.71. The van der Waals surface area contributed by atoms with Crippen LogP contribution in [-0.2, 0) is 9.59 Å². The van der Waals surface area contributed by atoms with Crippen molar-refractivity contribution in [2.24, 2.45) is 0 Å². The summed E-state index contributed by atoms with van der Waals surface area (Å²) in [6, 6.07) is 13.3. The van der Waals surface area contributed by atoms with Crippen molar-refractivity contribution in [1.82, 2.24) is 0 Å². The molecule has 0 heterocycles. The number of amides is 2. The van der Waals surface area contributed by atoms with Crippen molar-refractivity contribution in [3.63, 3.8) is 0 Å². The Balaban J connectivity index is 2.20. The molecule has 2 aromatic rings. The van der Waals surface area contributed by atoms with E-state index in [9.17, 15) is 9.59 Å². The maximum absolute atomic E-state index is 12.5. The first-order valence-corrected chi connectivity index (χ1v) is 7.69. The minimum absolute atomic E-state index is 0.433. The average Bonchev–Trinajstić information content (AvgIpc) is 2.51. The summed E-state index contributed by atoms with van der Waals surface area (Å²) in [5.74, 6) is -1.18. The zero-order chi connectivity index (χ0) is 17.0. The van der Waals surface area contributed by atoms with E-state index in [1.54, 1.807) is 0 Å². The standard InChI is InChI=1S/C19H22N2O2/c1-5-21(16-8-6-7-13(2)11-16)19(23)18(22)20-17-12-14(3)9-10-15(17)4/h6-12H,5H2,1-4H3,(H,20,22). The third-order valence-electron chi connectivity index (χ3n) is 3.71. The van der Waals surface area contributed by atoms with Gasteiger partial charge in [-0.3, -0.25) is 9.59 Å². The maximum Gasteiger partial charge on any atom is 0.316 e. The number of likely N-dealkylation sites (N-methyl/N-ethyl adjacent to an activating group) is 1. The van der Waals surface area contributed by atoms with Crippen LogP contribution < -0.4 is 10.2 Å². The van der Waals surface area contributed by atoms with E-state index in [-0.39, 0.29) is 0 Å². The molecule has 2 rings (SSSR count). The Morgan fingerprint density at radius 2 is 1.70 bits per heavy atom. The lowest BCUT2D eigenvalue weighted by Crippen LogP contribution is -2.39. The zero-order valence-electron chi connectivity index (χ0n) is 14.0. The summed E-state index contributed by atoms with van der Waals surface area (Å²) in [4.78, 5) is 26.3. The maximum atomic E-state index is 12.5. The number of rotatable bonds is 3. The molecule has 2 aromatic carbocycles. The van der Waals surface area contributed by atoms with Gasteiger partial charge in [-0.25, -0.2) is 0 Å². The van der Waals surface area contributed by atoms with E-state index in [0.29, 0.717) is 12.2 Å². The quantitative estimate of drug-likeness (QED) is 0.881. The Labute approximate surface area is 137 Å². The summed E-state index contributed by atoms with van der Waals surface area (Å²) >= 11 is 0. The summed E-state index contributed by atoms with van der Waals surface area (Å²) in [7, 11) is 0. The Hall–Kier alpha value is -2.62. The Bertz CT molecular complexity index is 738. The molecule has 0 spiro atoms. The van der Waals surface area contributed by atoms with Crippen molar-refractivity contribution in [1.29, 1.82) is 0 Å². The Kier molecular flexibility index (Phi) is 5.16. The zero-order valence-corrected chi connectivity index (χ0v) is 14.0. The van der Waals surface area contributed by atoms with E-state index in [4.69, 9.17) is 0 Å². The van der Waals surface area contributed by atoms with Crippen molar-refractivity contribution in [3.05, 3.63) is 59.2 Å². The molecule has 2 amide bonds. The third kappa shape index (κ3) is 3.97. The molecule has 4 heteroatoms. The van der Waals surface area contributed by atoms with Crippen LogP contribution in [0, 0.1) is 20.8 Å². The molecular formula is C19H22N2O2. The van der Waals surface area contributed by atoms with Gasteiger partial charge in [0.1, 0.15) is 0 Å². The fourth-order valence-electron chi connectivity index (χ4n) is 2.41. The van der Waals surface area contributed by atoms with Gasteiger partial charge in [0.2, 0.25) is 0 Å². The number of carbonyl (C=O) groups is 2. The number of nitrogens with zero attached hydrogens (tertiary/aromatic N) is 1. The molecule has 0 saturated carbocycles. The lowest BCUT2D eigenvalue weighted by Gasteiger charge is -2.21. The number of aryl methyl sites for hydroxylation is 3. The monoisotopic (exact) mass is 310 g/mol. The molecule has 0 unspecified atom stereocenters. The van der Waals surface area contributed by atoms with Crippen molar-refractivity contribution in [3.8, 4) is 0 Å². The van der Waals surface area contributed by atoms with E-state index in [2.05, 4.69) is 5.32 Å². The molecule has 0 bridgehead atoms. The fourth-order valence-corrected chi connectivity index (χ4v) is 2.41. The van der Waals surface area contributed by atoms with Gasteiger partial charge in [0, 0.05) is 17.9 Å². The number of hydrogen-bond acceptors (Lipinski definition) is 2. The van der Waals surface area contributed by atoms with Gasteiger partial charge in [-0.2, -0.15) is 0 Å². The van der Waals surface area contributed by atoms with Gasteiger partial charge in [0.15, 0.2) is 0 Å². The predicted octanol–water partition coefficient (Wildman–Crippen LogP) is 3.60. The molecule has 23 heavy (non-hydrogen) atoms. The van der Waals surface area contributed by atoms with Crippen LogP contribution >= 0.6 is 0 Å². The molecule has 0 saturated heterocycles. The molecule has 0 aliphatic carbocycles. The molecule has 1 N–H and O–H groups in total. The number of anilines is 2. The van der Waals surface area contributed by atoms with Crippen LogP contribution in [-0.4, -0.2) is 18.4 Å². The number of carbonyl (C=O) groups excluding carboxylic acids is 2. The fraction of sp³-hybridized carbons (Fsp3) is 0.263. The highest BCUT2D eigenvalue weighted by Crippen LogP contribution is 2.19. The summed E-state index contributed by atoms with van der Waals surface area (Å²) < 4.78 is 0. The van der Waals surface area contributed by atoms with E-state index >= 15 is 0 Å². The van der Waals surface area contributed by atoms with Gasteiger partial charge in [-0.05, 0) is 62.6 Å². The summed E-state index contributed by atoms with van der Waals surface area (Å²) in [6.45, 7) is 8.09. The highest BCUT2D eigenvalue weighted by Gasteiger charge is 2.22. The summed E-state index contributed by atoms with van der Waals surface area (Å²) in [5.41, 5.74) is 4.40. The predicted molar refractivity (Wildman–Crippen MR) is 93.8 cm³/mol.